The molecule has 0 unspecified atom stereocenters. The molecule has 1 rings (SSSR count). The standard InChI is InChI=1S/C11H21NO4/c13-5-9-15-6-1-4-12-11(14)10-2-7-16-8-3-10/h10,13H,1-9H2,(H,12,14). The van der Waals surface area contributed by atoms with Crippen LogP contribution in [-0.4, -0.2) is 50.6 Å². The van der Waals surface area contributed by atoms with Gasteiger partial charge >= 0.3 is 0 Å². The van der Waals surface area contributed by atoms with Crippen LogP contribution in [-0.2, 0) is 14.3 Å². The summed E-state index contributed by atoms with van der Waals surface area (Å²) in [5.41, 5.74) is 0. The Morgan fingerprint density at radius 1 is 1.38 bits per heavy atom. The van der Waals surface area contributed by atoms with E-state index in [0.29, 0.717) is 33.0 Å². The van der Waals surface area contributed by atoms with Gasteiger partial charge in [-0.1, -0.05) is 0 Å². The maximum Gasteiger partial charge on any atom is 0.223 e. The molecular formula is C11H21NO4. The second-order valence-electron chi connectivity index (χ2n) is 3.87. The highest BCUT2D eigenvalue weighted by atomic mass is 16.5. The van der Waals surface area contributed by atoms with Gasteiger partial charge in [-0.15, -0.1) is 0 Å². The zero-order chi connectivity index (χ0) is 11.6. The summed E-state index contributed by atoms with van der Waals surface area (Å²) in [6.07, 6.45) is 2.44. The zero-order valence-corrected chi connectivity index (χ0v) is 9.61. The van der Waals surface area contributed by atoms with Crippen LogP contribution in [0.2, 0.25) is 0 Å². The molecule has 5 nitrogen and oxygen atoms in total. The number of hydrogen-bond donors (Lipinski definition) is 2. The van der Waals surface area contributed by atoms with Crippen LogP contribution in [0.15, 0.2) is 0 Å². The van der Waals surface area contributed by atoms with Gasteiger partial charge in [-0.25, -0.2) is 0 Å². The topological polar surface area (TPSA) is 67.8 Å². The highest BCUT2D eigenvalue weighted by Gasteiger charge is 2.20. The summed E-state index contributed by atoms with van der Waals surface area (Å²) in [4.78, 5) is 11.6. The van der Waals surface area contributed by atoms with Crippen LogP contribution in [0, 0.1) is 5.92 Å². The third-order valence-corrected chi connectivity index (χ3v) is 2.59. The van der Waals surface area contributed by atoms with Gasteiger partial charge in [0.15, 0.2) is 0 Å². The van der Waals surface area contributed by atoms with Gasteiger partial charge in [-0.3, -0.25) is 4.79 Å². The molecule has 1 fully saturated rings. The molecule has 0 aliphatic carbocycles. The Morgan fingerprint density at radius 3 is 2.81 bits per heavy atom. The van der Waals surface area contributed by atoms with Gasteiger partial charge in [0.25, 0.3) is 0 Å². The molecule has 1 aliphatic rings. The minimum Gasteiger partial charge on any atom is -0.394 e. The number of amides is 1. The van der Waals surface area contributed by atoms with Crippen LogP contribution in [0.5, 0.6) is 0 Å². The van der Waals surface area contributed by atoms with Crippen molar-refractivity contribution >= 4 is 5.91 Å². The summed E-state index contributed by atoms with van der Waals surface area (Å²) in [5.74, 6) is 0.248. The molecule has 0 aromatic carbocycles. The monoisotopic (exact) mass is 231 g/mol. The lowest BCUT2D eigenvalue weighted by Gasteiger charge is -2.21. The summed E-state index contributed by atoms with van der Waals surface area (Å²) in [7, 11) is 0. The van der Waals surface area contributed by atoms with Crippen molar-refractivity contribution in [1.29, 1.82) is 0 Å². The van der Waals surface area contributed by atoms with E-state index >= 15 is 0 Å². The molecule has 2 N–H and O–H groups in total. The van der Waals surface area contributed by atoms with Crippen molar-refractivity contribution in [2.24, 2.45) is 5.92 Å². The van der Waals surface area contributed by atoms with Crippen molar-refractivity contribution in [2.45, 2.75) is 19.3 Å². The quantitative estimate of drug-likeness (QED) is 0.602. The molecule has 0 aromatic rings. The molecule has 16 heavy (non-hydrogen) atoms. The van der Waals surface area contributed by atoms with E-state index in [1.807, 2.05) is 0 Å². The van der Waals surface area contributed by atoms with Gasteiger partial charge in [0.2, 0.25) is 5.91 Å². The van der Waals surface area contributed by atoms with Crippen molar-refractivity contribution in [3.05, 3.63) is 0 Å². The normalized spacial score (nSPS) is 17.3. The summed E-state index contributed by atoms with van der Waals surface area (Å²) >= 11 is 0. The van der Waals surface area contributed by atoms with E-state index < -0.39 is 0 Å². The van der Waals surface area contributed by atoms with Crippen molar-refractivity contribution < 1.29 is 19.4 Å². The Balaban J connectivity index is 1.97. The molecule has 0 atom stereocenters. The van der Waals surface area contributed by atoms with Crippen LogP contribution in [0.3, 0.4) is 0 Å². The number of carbonyl (C=O) groups is 1. The first-order valence-electron chi connectivity index (χ1n) is 5.88. The Bertz CT molecular complexity index is 192. The summed E-state index contributed by atoms with van der Waals surface area (Å²) < 4.78 is 10.3. The molecule has 1 aliphatic heterocycles. The number of rotatable bonds is 7. The van der Waals surface area contributed by atoms with Crippen LogP contribution in [0.1, 0.15) is 19.3 Å². The lowest BCUT2D eigenvalue weighted by atomic mass is 9.99. The van der Waals surface area contributed by atoms with Crippen LogP contribution in [0.4, 0.5) is 0 Å². The number of ether oxygens (including phenoxy) is 2. The minimum atomic E-state index is 0.0500. The third-order valence-electron chi connectivity index (χ3n) is 2.59. The van der Waals surface area contributed by atoms with Crippen LogP contribution < -0.4 is 5.32 Å². The van der Waals surface area contributed by atoms with Crippen molar-refractivity contribution in [3.63, 3.8) is 0 Å². The first kappa shape index (κ1) is 13.4. The number of aliphatic hydroxyl groups is 1. The fourth-order valence-electron chi connectivity index (χ4n) is 1.66. The van der Waals surface area contributed by atoms with E-state index in [1.54, 1.807) is 0 Å². The predicted molar refractivity (Wildman–Crippen MR) is 59.1 cm³/mol. The third kappa shape index (κ3) is 5.44. The number of nitrogens with one attached hydrogen (secondary N) is 1. The average molecular weight is 231 g/mol. The molecule has 94 valence electrons. The highest BCUT2D eigenvalue weighted by molar-refractivity contribution is 5.78. The molecule has 5 heteroatoms. The van der Waals surface area contributed by atoms with Gasteiger partial charge in [0.05, 0.1) is 13.2 Å². The molecule has 1 amide bonds. The Hall–Kier alpha value is -0.650. The zero-order valence-electron chi connectivity index (χ0n) is 9.61. The summed E-state index contributed by atoms with van der Waals surface area (Å²) in [6.45, 7) is 3.02. The highest BCUT2D eigenvalue weighted by Crippen LogP contribution is 2.14. The number of aliphatic hydroxyl groups excluding tert-OH is 1. The maximum absolute atomic E-state index is 11.6. The molecule has 0 saturated carbocycles. The average Bonchev–Trinajstić information content (AvgIpc) is 2.34. The molecular weight excluding hydrogens is 210 g/mol. The Morgan fingerprint density at radius 2 is 2.12 bits per heavy atom. The van der Waals surface area contributed by atoms with E-state index in [9.17, 15) is 4.79 Å². The second-order valence-corrected chi connectivity index (χ2v) is 3.87. The molecule has 0 spiro atoms. The fourth-order valence-corrected chi connectivity index (χ4v) is 1.66. The van der Waals surface area contributed by atoms with E-state index in [1.165, 1.54) is 0 Å². The maximum atomic E-state index is 11.6. The molecule has 0 aromatic heterocycles. The first-order valence-corrected chi connectivity index (χ1v) is 5.88. The van der Waals surface area contributed by atoms with Crippen LogP contribution >= 0.6 is 0 Å². The van der Waals surface area contributed by atoms with E-state index in [0.717, 1.165) is 19.3 Å². The van der Waals surface area contributed by atoms with Gasteiger partial charge in [0.1, 0.15) is 0 Å². The molecule has 0 bridgehead atoms. The smallest absolute Gasteiger partial charge is 0.223 e. The fraction of sp³-hybridized carbons (Fsp3) is 0.909. The van der Waals surface area contributed by atoms with Crippen LogP contribution in [0.25, 0.3) is 0 Å². The number of carbonyl (C=O) groups excluding carboxylic acids is 1. The van der Waals surface area contributed by atoms with E-state index in [2.05, 4.69) is 5.32 Å². The predicted octanol–water partition coefficient (Wildman–Crippen LogP) is -0.0718. The molecule has 1 heterocycles. The lowest BCUT2D eigenvalue weighted by Crippen LogP contribution is -2.35. The van der Waals surface area contributed by atoms with Gasteiger partial charge in [-0.05, 0) is 19.3 Å². The second kappa shape index (κ2) is 8.50. The minimum absolute atomic E-state index is 0.0500. The SMILES string of the molecule is O=C(NCCCOCCO)C1CCOCC1. The Kier molecular flexibility index (Phi) is 7.12. The molecule has 1 saturated heterocycles. The van der Waals surface area contributed by atoms with E-state index in [4.69, 9.17) is 14.6 Å². The molecule has 0 radical (unpaired) electrons. The first-order chi connectivity index (χ1) is 7.84. The van der Waals surface area contributed by atoms with E-state index in [-0.39, 0.29) is 18.4 Å². The largest absolute Gasteiger partial charge is 0.394 e. The summed E-state index contributed by atoms with van der Waals surface area (Å²) in [6, 6.07) is 0. The Labute approximate surface area is 96.1 Å². The van der Waals surface area contributed by atoms with Gasteiger partial charge in [-0.2, -0.15) is 0 Å². The van der Waals surface area contributed by atoms with Crippen molar-refractivity contribution in [1.82, 2.24) is 5.32 Å². The van der Waals surface area contributed by atoms with Crippen molar-refractivity contribution in [3.8, 4) is 0 Å². The van der Waals surface area contributed by atoms with Gasteiger partial charge < -0.3 is 19.9 Å². The summed E-state index contributed by atoms with van der Waals surface area (Å²) in [5, 5.41) is 11.4. The number of hydrogen-bond acceptors (Lipinski definition) is 4. The lowest BCUT2D eigenvalue weighted by molar-refractivity contribution is -0.127. The van der Waals surface area contributed by atoms with Crippen molar-refractivity contribution in [2.75, 3.05) is 39.6 Å². The van der Waals surface area contributed by atoms with Gasteiger partial charge in [0, 0.05) is 32.3 Å².